The standard InChI is InChI=1S/C17H15ClN2/c18-16-9-12(10-19)4-7-17(16)20-11-13-2-1-3-15(8-13)14-5-6-14/h1-4,7-9,14,20H,5-6,11H2. The van der Waals surface area contributed by atoms with Gasteiger partial charge in [0.2, 0.25) is 0 Å². The molecule has 0 aliphatic heterocycles. The molecule has 1 fully saturated rings. The van der Waals surface area contributed by atoms with Crippen molar-refractivity contribution in [1.29, 1.82) is 5.26 Å². The fourth-order valence-electron chi connectivity index (χ4n) is 2.30. The van der Waals surface area contributed by atoms with E-state index >= 15 is 0 Å². The van der Waals surface area contributed by atoms with Crippen molar-refractivity contribution in [3.8, 4) is 6.07 Å². The number of hydrogen-bond donors (Lipinski definition) is 1. The molecule has 1 N–H and O–H groups in total. The van der Waals surface area contributed by atoms with E-state index in [0.29, 0.717) is 10.6 Å². The largest absolute Gasteiger partial charge is 0.380 e. The van der Waals surface area contributed by atoms with E-state index in [9.17, 15) is 0 Å². The average molecular weight is 283 g/mol. The van der Waals surface area contributed by atoms with Crippen LogP contribution in [0.5, 0.6) is 0 Å². The topological polar surface area (TPSA) is 35.8 Å². The zero-order valence-electron chi connectivity index (χ0n) is 11.1. The first-order valence-electron chi connectivity index (χ1n) is 6.78. The van der Waals surface area contributed by atoms with Gasteiger partial charge in [-0.1, -0.05) is 35.9 Å². The van der Waals surface area contributed by atoms with Crippen LogP contribution in [0.15, 0.2) is 42.5 Å². The summed E-state index contributed by atoms with van der Waals surface area (Å²) in [6.45, 7) is 0.742. The van der Waals surface area contributed by atoms with Crippen molar-refractivity contribution < 1.29 is 0 Å². The highest BCUT2D eigenvalue weighted by atomic mass is 35.5. The number of nitrogens with zero attached hydrogens (tertiary/aromatic N) is 1. The third-order valence-corrected chi connectivity index (χ3v) is 3.89. The number of rotatable bonds is 4. The molecule has 2 aromatic rings. The Kier molecular flexibility index (Phi) is 3.62. The first kappa shape index (κ1) is 13.0. The SMILES string of the molecule is N#Cc1ccc(NCc2cccc(C3CC3)c2)c(Cl)c1. The Hall–Kier alpha value is -1.98. The van der Waals surface area contributed by atoms with Crippen LogP contribution in [-0.2, 0) is 6.54 Å². The van der Waals surface area contributed by atoms with Gasteiger partial charge >= 0.3 is 0 Å². The van der Waals surface area contributed by atoms with E-state index in [2.05, 4.69) is 35.7 Å². The van der Waals surface area contributed by atoms with Gasteiger partial charge in [-0.3, -0.25) is 0 Å². The Labute approximate surface area is 124 Å². The molecule has 1 aliphatic rings. The minimum absolute atomic E-state index is 0.580. The van der Waals surface area contributed by atoms with Crippen LogP contribution in [0.3, 0.4) is 0 Å². The van der Waals surface area contributed by atoms with Crippen molar-refractivity contribution in [2.75, 3.05) is 5.32 Å². The van der Waals surface area contributed by atoms with Crippen LogP contribution in [0.25, 0.3) is 0 Å². The number of hydrogen-bond acceptors (Lipinski definition) is 2. The predicted octanol–water partition coefficient (Wildman–Crippen LogP) is 4.70. The van der Waals surface area contributed by atoms with Crippen molar-refractivity contribution in [3.63, 3.8) is 0 Å². The van der Waals surface area contributed by atoms with E-state index in [1.54, 1.807) is 12.1 Å². The van der Waals surface area contributed by atoms with Gasteiger partial charge in [-0.15, -0.1) is 0 Å². The lowest BCUT2D eigenvalue weighted by Gasteiger charge is -2.09. The monoisotopic (exact) mass is 282 g/mol. The van der Waals surface area contributed by atoms with Crippen LogP contribution < -0.4 is 5.32 Å². The highest BCUT2D eigenvalue weighted by molar-refractivity contribution is 6.33. The molecule has 3 heteroatoms. The number of nitrogens with one attached hydrogen (secondary N) is 1. The molecule has 0 heterocycles. The summed E-state index contributed by atoms with van der Waals surface area (Å²) in [5, 5.41) is 12.7. The Balaban J connectivity index is 1.70. The molecule has 2 aromatic carbocycles. The molecule has 1 aliphatic carbocycles. The number of halogens is 1. The minimum Gasteiger partial charge on any atom is -0.380 e. The Morgan fingerprint density at radius 3 is 2.75 bits per heavy atom. The van der Waals surface area contributed by atoms with Gasteiger partial charge in [0.1, 0.15) is 0 Å². The van der Waals surface area contributed by atoms with E-state index in [1.165, 1.54) is 24.0 Å². The van der Waals surface area contributed by atoms with Crippen molar-refractivity contribution in [2.24, 2.45) is 0 Å². The molecule has 0 radical (unpaired) electrons. The Morgan fingerprint density at radius 1 is 1.20 bits per heavy atom. The smallest absolute Gasteiger partial charge is 0.0992 e. The molecule has 0 aromatic heterocycles. The minimum atomic E-state index is 0.580. The van der Waals surface area contributed by atoms with Crippen LogP contribution in [0, 0.1) is 11.3 Å². The molecule has 0 atom stereocenters. The first-order valence-corrected chi connectivity index (χ1v) is 7.16. The van der Waals surface area contributed by atoms with Gasteiger partial charge in [-0.05, 0) is 48.1 Å². The first-order chi connectivity index (χ1) is 9.76. The van der Waals surface area contributed by atoms with Gasteiger partial charge in [0.15, 0.2) is 0 Å². The zero-order valence-corrected chi connectivity index (χ0v) is 11.8. The lowest BCUT2D eigenvalue weighted by molar-refractivity contribution is 1.09. The van der Waals surface area contributed by atoms with Gasteiger partial charge in [0.25, 0.3) is 0 Å². The summed E-state index contributed by atoms with van der Waals surface area (Å²) in [7, 11) is 0. The predicted molar refractivity (Wildman–Crippen MR) is 81.9 cm³/mol. The lowest BCUT2D eigenvalue weighted by atomic mass is 10.1. The third-order valence-electron chi connectivity index (χ3n) is 3.58. The average Bonchev–Trinajstić information content (AvgIpc) is 3.31. The highest BCUT2D eigenvalue weighted by Gasteiger charge is 2.23. The van der Waals surface area contributed by atoms with Gasteiger partial charge in [0, 0.05) is 6.54 Å². The summed E-state index contributed by atoms with van der Waals surface area (Å²) < 4.78 is 0. The van der Waals surface area contributed by atoms with Crippen LogP contribution in [0.4, 0.5) is 5.69 Å². The summed E-state index contributed by atoms with van der Waals surface area (Å²) in [5.41, 5.74) is 4.14. The second-order valence-electron chi connectivity index (χ2n) is 5.18. The van der Waals surface area contributed by atoms with Crippen LogP contribution in [0.2, 0.25) is 5.02 Å². The van der Waals surface area contributed by atoms with Crippen molar-refractivity contribution in [1.82, 2.24) is 0 Å². The molecule has 100 valence electrons. The van der Waals surface area contributed by atoms with E-state index in [4.69, 9.17) is 16.9 Å². The molecule has 0 bridgehead atoms. The fourth-order valence-corrected chi connectivity index (χ4v) is 2.55. The maximum Gasteiger partial charge on any atom is 0.0992 e. The quantitative estimate of drug-likeness (QED) is 0.882. The van der Waals surface area contributed by atoms with Crippen LogP contribution in [0.1, 0.15) is 35.4 Å². The number of nitriles is 1. The maximum absolute atomic E-state index is 8.82. The summed E-state index contributed by atoms with van der Waals surface area (Å²) in [4.78, 5) is 0. The molecule has 2 nitrogen and oxygen atoms in total. The summed E-state index contributed by atoms with van der Waals surface area (Å²) in [6, 6.07) is 16.1. The highest BCUT2D eigenvalue weighted by Crippen LogP contribution is 2.40. The molecule has 3 rings (SSSR count). The molecule has 0 unspecified atom stereocenters. The molecule has 0 amide bonds. The van der Waals surface area contributed by atoms with E-state index in [1.807, 2.05) is 6.07 Å². The van der Waals surface area contributed by atoms with E-state index in [0.717, 1.165) is 18.2 Å². The second kappa shape index (κ2) is 5.56. The molecule has 0 saturated heterocycles. The number of benzene rings is 2. The van der Waals surface area contributed by atoms with Gasteiger partial charge in [0.05, 0.1) is 22.3 Å². The van der Waals surface area contributed by atoms with Crippen molar-refractivity contribution in [2.45, 2.75) is 25.3 Å². The van der Waals surface area contributed by atoms with Gasteiger partial charge < -0.3 is 5.32 Å². The third kappa shape index (κ3) is 2.95. The van der Waals surface area contributed by atoms with Gasteiger partial charge in [-0.2, -0.15) is 5.26 Å². The van der Waals surface area contributed by atoms with Crippen molar-refractivity contribution >= 4 is 17.3 Å². The van der Waals surface area contributed by atoms with E-state index < -0.39 is 0 Å². The zero-order chi connectivity index (χ0) is 13.9. The number of anilines is 1. The van der Waals surface area contributed by atoms with Crippen molar-refractivity contribution in [3.05, 3.63) is 64.2 Å². The van der Waals surface area contributed by atoms with E-state index in [-0.39, 0.29) is 0 Å². The summed E-state index contributed by atoms with van der Waals surface area (Å²) in [6.07, 6.45) is 2.64. The van der Waals surface area contributed by atoms with Crippen LogP contribution in [-0.4, -0.2) is 0 Å². The molecule has 0 spiro atoms. The fraction of sp³-hybridized carbons (Fsp3) is 0.235. The molecular formula is C17H15ClN2. The lowest BCUT2D eigenvalue weighted by Crippen LogP contribution is -2.00. The second-order valence-corrected chi connectivity index (χ2v) is 5.59. The Morgan fingerprint density at radius 2 is 2.05 bits per heavy atom. The molecule has 1 saturated carbocycles. The normalized spacial score (nSPS) is 13.8. The van der Waals surface area contributed by atoms with Gasteiger partial charge in [-0.25, -0.2) is 0 Å². The molecular weight excluding hydrogens is 268 g/mol. The van der Waals surface area contributed by atoms with Crippen LogP contribution >= 0.6 is 11.6 Å². The summed E-state index contributed by atoms with van der Waals surface area (Å²) >= 11 is 6.15. The Bertz CT molecular complexity index is 669. The maximum atomic E-state index is 8.82. The molecule has 20 heavy (non-hydrogen) atoms. The summed E-state index contributed by atoms with van der Waals surface area (Å²) in [5.74, 6) is 0.772.